The Labute approximate surface area is 95.4 Å². The summed E-state index contributed by atoms with van der Waals surface area (Å²) in [6.07, 6.45) is 6.86. The summed E-state index contributed by atoms with van der Waals surface area (Å²) in [5.41, 5.74) is 0. The fraction of sp³-hybridized carbons (Fsp3) is 1.00. The molecule has 1 atom stereocenters. The van der Waals surface area contributed by atoms with E-state index in [4.69, 9.17) is 0 Å². The van der Waals surface area contributed by atoms with Crippen LogP contribution in [0.1, 0.15) is 46.0 Å². The molecule has 2 nitrogen and oxygen atoms in total. The molecule has 0 aromatic carbocycles. The summed E-state index contributed by atoms with van der Waals surface area (Å²) in [4.78, 5) is 2.61. The van der Waals surface area contributed by atoms with E-state index in [0.717, 1.165) is 5.92 Å². The van der Waals surface area contributed by atoms with Gasteiger partial charge in [0.25, 0.3) is 0 Å². The average molecular weight is 212 g/mol. The van der Waals surface area contributed by atoms with E-state index in [-0.39, 0.29) is 0 Å². The maximum atomic E-state index is 3.54. The lowest BCUT2D eigenvalue weighted by Gasteiger charge is -2.30. The predicted molar refractivity (Wildman–Crippen MR) is 67.2 cm³/mol. The molecule has 0 bridgehead atoms. The molecule has 0 aliphatic carbocycles. The second-order valence-corrected chi connectivity index (χ2v) is 5.01. The minimum absolute atomic E-state index is 0.916. The Morgan fingerprint density at radius 3 is 2.87 bits per heavy atom. The summed E-state index contributed by atoms with van der Waals surface area (Å²) in [6, 6.07) is 0. The van der Waals surface area contributed by atoms with Gasteiger partial charge in [-0.15, -0.1) is 0 Å². The highest BCUT2D eigenvalue weighted by Gasteiger charge is 2.14. The van der Waals surface area contributed by atoms with Crippen LogP contribution >= 0.6 is 0 Å². The Balaban J connectivity index is 1.90. The molecule has 1 unspecified atom stereocenters. The Morgan fingerprint density at radius 1 is 1.27 bits per heavy atom. The molecule has 0 aromatic heterocycles. The molecule has 0 radical (unpaired) electrons. The summed E-state index contributed by atoms with van der Waals surface area (Å²) in [7, 11) is 0. The van der Waals surface area contributed by atoms with E-state index >= 15 is 0 Å². The second kappa shape index (κ2) is 8.12. The summed E-state index contributed by atoms with van der Waals surface area (Å²) >= 11 is 0. The predicted octanol–water partition coefficient (Wildman–Crippen LogP) is 2.50. The third-order valence-electron chi connectivity index (χ3n) is 3.30. The van der Waals surface area contributed by atoms with Gasteiger partial charge in [-0.05, 0) is 38.3 Å². The van der Waals surface area contributed by atoms with Gasteiger partial charge in [0.05, 0.1) is 0 Å². The van der Waals surface area contributed by atoms with Crippen molar-refractivity contribution in [1.82, 2.24) is 10.2 Å². The molecular formula is C13H28N2. The van der Waals surface area contributed by atoms with Crippen LogP contribution in [0.4, 0.5) is 0 Å². The van der Waals surface area contributed by atoms with E-state index in [0.29, 0.717) is 0 Å². The SMILES string of the molecule is CCCCCNCCN1CCCC(C)C1. The standard InChI is InChI=1S/C13H28N2/c1-3-4-5-8-14-9-11-15-10-6-7-13(2)12-15/h13-14H,3-12H2,1-2H3. The van der Waals surface area contributed by atoms with Crippen molar-refractivity contribution in [3.63, 3.8) is 0 Å². The average Bonchev–Trinajstić information content (AvgIpc) is 2.23. The van der Waals surface area contributed by atoms with Crippen molar-refractivity contribution in [2.45, 2.75) is 46.0 Å². The summed E-state index contributed by atoms with van der Waals surface area (Å²) < 4.78 is 0. The lowest BCUT2D eigenvalue weighted by Crippen LogP contribution is -2.38. The maximum absolute atomic E-state index is 3.54. The van der Waals surface area contributed by atoms with Gasteiger partial charge in [-0.2, -0.15) is 0 Å². The molecule has 15 heavy (non-hydrogen) atoms. The minimum Gasteiger partial charge on any atom is -0.315 e. The van der Waals surface area contributed by atoms with E-state index in [1.54, 1.807) is 0 Å². The fourth-order valence-electron chi connectivity index (χ4n) is 2.35. The van der Waals surface area contributed by atoms with Gasteiger partial charge in [0.2, 0.25) is 0 Å². The first kappa shape index (κ1) is 13.0. The fourth-order valence-corrected chi connectivity index (χ4v) is 2.35. The first-order valence-corrected chi connectivity index (χ1v) is 6.76. The Kier molecular flexibility index (Phi) is 7.03. The van der Waals surface area contributed by atoms with Crippen LogP contribution in [0, 0.1) is 5.92 Å². The van der Waals surface area contributed by atoms with E-state index in [1.165, 1.54) is 64.8 Å². The van der Waals surface area contributed by atoms with E-state index < -0.39 is 0 Å². The number of hydrogen-bond donors (Lipinski definition) is 1. The van der Waals surface area contributed by atoms with Gasteiger partial charge in [-0.25, -0.2) is 0 Å². The molecule has 0 aromatic rings. The molecule has 0 amide bonds. The van der Waals surface area contributed by atoms with Crippen molar-refractivity contribution in [3.05, 3.63) is 0 Å². The van der Waals surface area contributed by atoms with E-state index in [1.807, 2.05) is 0 Å². The highest BCUT2D eigenvalue weighted by Crippen LogP contribution is 2.14. The van der Waals surface area contributed by atoms with Crippen molar-refractivity contribution in [1.29, 1.82) is 0 Å². The zero-order chi connectivity index (χ0) is 10.9. The number of likely N-dealkylation sites (tertiary alicyclic amines) is 1. The smallest absolute Gasteiger partial charge is 0.0107 e. The number of piperidine rings is 1. The van der Waals surface area contributed by atoms with Gasteiger partial charge in [-0.1, -0.05) is 26.7 Å². The molecule has 0 spiro atoms. The third kappa shape index (κ3) is 6.16. The summed E-state index contributed by atoms with van der Waals surface area (Å²) in [5, 5.41) is 3.54. The normalized spacial score (nSPS) is 23.2. The van der Waals surface area contributed by atoms with Crippen LogP contribution in [-0.4, -0.2) is 37.6 Å². The van der Waals surface area contributed by atoms with Crippen molar-refractivity contribution in [2.75, 3.05) is 32.7 Å². The minimum atomic E-state index is 0.916. The molecule has 2 heteroatoms. The maximum Gasteiger partial charge on any atom is 0.0107 e. The van der Waals surface area contributed by atoms with Gasteiger partial charge in [-0.3, -0.25) is 0 Å². The molecule has 1 N–H and O–H groups in total. The molecule has 0 saturated carbocycles. The van der Waals surface area contributed by atoms with E-state index in [9.17, 15) is 0 Å². The monoisotopic (exact) mass is 212 g/mol. The zero-order valence-electron chi connectivity index (χ0n) is 10.6. The number of unbranched alkanes of at least 4 members (excludes halogenated alkanes) is 2. The van der Waals surface area contributed by atoms with Crippen LogP contribution in [0.2, 0.25) is 0 Å². The van der Waals surface area contributed by atoms with Gasteiger partial charge in [0, 0.05) is 19.6 Å². The number of hydrogen-bond acceptors (Lipinski definition) is 2. The Morgan fingerprint density at radius 2 is 2.13 bits per heavy atom. The molecule has 1 saturated heterocycles. The Bertz CT molecular complexity index is 147. The van der Waals surface area contributed by atoms with Crippen LogP contribution in [0.5, 0.6) is 0 Å². The van der Waals surface area contributed by atoms with Crippen molar-refractivity contribution < 1.29 is 0 Å². The lowest BCUT2D eigenvalue weighted by atomic mass is 10.0. The van der Waals surface area contributed by atoms with Crippen molar-refractivity contribution >= 4 is 0 Å². The highest BCUT2D eigenvalue weighted by molar-refractivity contribution is 4.70. The van der Waals surface area contributed by atoms with Crippen LogP contribution in [0.15, 0.2) is 0 Å². The molecule has 1 rings (SSSR count). The summed E-state index contributed by atoms with van der Waals surface area (Å²) in [5.74, 6) is 0.916. The Hall–Kier alpha value is -0.0800. The largest absolute Gasteiger partial charge is 0.315 e. The highest BCUT2D eigenvalue weighted by atomic mass is 15.1. The van der Waals surface area contributed by atoms with Crippen molar-refractivity contribution in [3.8, 4) is 0 Å². The van der Waals surface area contributed by atoms with Gasteiger partial charge >= 0.3 is 0 Å². The van der Waals surface area contributed by atoms with Crippen LogP contribution < -0.4 is 5.32 Å². The van der Waals surface area contributed by atoms with Crippen LogP contribution in [-0.2, 0) is 0 Å². The van der Waals surface area contributed by atoms with Gasteiger partial charge in [0.1, 0.15) is 0 Å². The first-order valence-electron chi connectivity index (χ1n) is 6.76. The number of nitrogens with zero attached hydrogens (tertiary/aromatic N) is 1. The third-order valence-corrected chi connectivity index (χ3v) is 3.30. The summed E-state index contributed by atoms with van der Waals surface area (Å²) in [6.45, 7) is 10.9. The molecule has 90 valence electrons. The van der Waals surface area contributed by atoms with Gasteiger partial charge < -0.3 is 10.2 Å². The topological polar surface area (TPSA) is 15.3 Å². The van der Waals surface area contributed by atoms with Crippen molar-refractivity contribution in [2.24, 2.45) is 5.92 Å². The van der Waals surface area contributed by atoms with Crippen LogP contribution in [0.3, 0.4) is 0 Å². The molecule has 1 aliphatic heterocycles. The zero-order valence-corrected chi connectivity index (χ0v) is 10.6. The molecule has 1 heterocycles. The molecular weight excluding hydrogens is 184 g/mol. The second-order valence-electron chi connectivity index (χ2n) is 5.01. The first-order chi connectivity index (χ1) is 7.33. The quantitative estimate of drug-likeness (QED) is 0.652. The van der Waals surface area contributed by atoms with Gasteiger partial charge in [0.15, 0.2) is 0 Å². The number of rotatable bonds is 7. The van der Waals surface area contributed by atoms with E-state index in [2.05, 4.69) is 24.1 Å². The molecule has 1 fully saturated rings. The van der Waals surface area contributed by atoms with Crippen LogP contribution in [0.25, 0.3) is 0 Å². The molecule has 1 aliphatic rings. The lowest BCUT2D eigenvalue weighted by molar-refractivity contribution is 0.184. The number of nitrogens with one attached hydrogen (secondary N) is 1.